The first-order chi connectivity index (χ1) is 7.10. The molecule has 0 unspecified atom stereocenters. The topological polar surface area (TPSA) is 91.4 Å². The molecule has 0 aromatic carbocycles. The Hall–Kier alpha value is -0.990. The van der Waals surface area contributed by atoms with E-state index in [-0.39, 0.29) is 29.9 Å². The molecule has 0 aliphatic rings. The highest BCUT2D eigenvalue weighted by molar-refractivity contribution is 14.0. The van der Waals surface area contributed by atoms with E-state index in [1.807, 2.05) is 14.0 Å². The van der Waals surface area contributed by atoms with Crippen LogP contribution >= 0.6 is 24.0 Å². The lowest BCUT2D eigenvalue weighted by Crippen LogP contribution is -2.22. The van der Waals surface area contributed by atoms with Crippen LogP contribution in [0.1, 0.15) is 18.2 Å². The molecule has 1 heterocycles. The fourth-order valence-corrected chi connectivity index (χ4v) is 1.47. The van der Waals surface area contributed by atoms with Crippen LogP contribution in [0, 0.1) is 0 Å². The van der Waals surface area contributed by atoms with Crippen molar-refractivity contribution >= 4 is 29.9 Å². The Balaban J connectivity index is 0.00000225. The molecule has 0 saturated carbocycles. The van der Waals surface area contributed by atoms with E-state index >= 15 is 0 Å². The Morgan fingerprint density at radius 2 is 2.12 bits per heavy atom. The van der Waals surface area contributed by atoms with Gasteiger partial charge in [-0.15, -0.1) is 24.0 Å². The Morgan fingerprint density at radius 3 is 2.56 bits per heavy atom. The van der Waals surface area contributed by atoms with E-state index in [4.69, 9.17) is 16.2 Å². The number of nitrogens with zero attached hydrogens (tertiary/aromatic N) is 3. The van der Waals surface area contributed by atoms with E-state index in [0.717, 1.165) is 17.7 Å². The number of hydrogen-bond donors (Lipinski definition) is 2. The van der Waals surface area contributed by atoms with E-state index in [1.54, 1.807) is 11.8 Å². The molecule has 0 radical (unpaired) electrons. The molecule has 1 aromatic rings. The molecule has 7 heteroatoms. The Bertz CT molecular complexity index is 370. The molecule has 16 heavy (non-hydrogen) atoms. The maximum Gasteiger partial charge on any atom is 0.216 e. The minimum absolute atomic E-state index is 0. The van der Waals surface area contributed by atoms with Gasteiger partial charge < -0.3 is 16.2 Å². The van der Waals surface area contributed by atoms with Gasteiger partial charge in [-0.3, -0.25) is 0 Å². The Kier molecular flexibility index (Phi) is 6.16. The first-order valence-electron chi connectivity index (χ1n) is 4.74. The molecule has 0 atom stereocenters. The first-order valence-corrected chi connectivity index (χ1v) is 4.74. The maximum absolute atomic E-state index is 5.29. The lowest BCUT2D eigenvalue weighted by Gasteiger charge is -2.02. The lowest BCUT2D eigenvalue weighted by molar-refractivity contribution is 0.369. The van der Waals surface area contributed by atoms with Crippen LogP contribution in [0.25, 0.3) is 0 Å². The fourth-order valence-electron chi connectivity index (χ4n) is 1.47. The van der Waals surface area contributed by atoms with Crippen molar-refractivity contribution in [2.24, 2.45) is 23.5 Å². The minimum atomic E-state index is 0. The van der Waals surface area contributed by atoms with Crippen LogP contribution in [-0.4, -0.2) is 22.8 Å². The molecule has 4 N–H and O–H groups in total. The number of rotatable bonds is 4. The van der Waals surface area contributed by atoms with E-state index in [9.17, 15) is 0 Å². The van der Waals surface area contributed by atoms with Gasteiger partial charge in [-0.05, 0) is 6.42 Å². The zero-order valence-electron chi connectivity index (χ0n) is 9.73. The van der Waals surface area contributed by atoms with Crippen LogP contribution in [-0.2, 0) is 20.0 Å². The molecule has 0 aliphatic carbocycles. The van der Waals surface area contributed by atoms with Crippen molar-refractivity contribution in [3.8, 4) is 5.88 Å². The molecule has 1 rings (SSSR count). The van der Waals surface area contributed by atoms with E-state index in [1.165, 1.54) is 0 Å². The molecule has 0 saturated heterocycles. The van der Waals surface area contributed by atoms with E-state index in [2.05, 4.69) is 10.1 Å². The zero-order valence-corrected chi connectivity index (χ0v) is 12.1. The van der Waals surface area contributed by atoms with Crippen LogP contribution in [0.5, 0.6) is 5.88 Å². The lowest BCUT2D eigenvalue weighted by atomic mass is 10.2. The second-order valence-corrected chi connectivity index (χ2v) is 3.15. The van der Waals surface area contributed by atoms with Gasteiger partial charge in [0.25, 0.3) is 0 Å². The predicted molar refractivity (Wildman–Crippen MR) is 74.1 cm³/mol. The van der Waals surface area contributed by atoms with Gasteiger partial charge in [0.15, 0.2) is 5.96 Å². The number of halogens is 1. The first kappa shape index (κ1) is 15.0. The third-order valence-electron chi connectivity index (χ3n) is 2.12. The average Bonchev–Trinajstić information content (AvgIpc) is 2.50. The van der Waals surface area contributed by atoms with E-state index < -0.39 is 0 Å². The molecule has 6 nitrogen and oxygen atoms in total. The molecule has 0 spiro atoms. The van der Waals surface area contributed by atoms with Crippen LogP contribution in [0.15, 0.2) is 4.99 Å². The summed E-state index contributed by atoms with van der Waals surface area (Å²) in [4.78, 5) is 3.96. The summed E-state index contributed by atoms with van der Waals surface area (Å²) in [5, 5.41) is 4.32. The van der Waals surface area contributed by atoms with Gasteiger partial charge in [-0.25, -0.2) is 9.67 Å². The number of ether oxygens (including phenoxy) is 1. The van der Waals surface area contributed by atoms with Crippen LogP contribution in [0.3, 0.4) is 0 Å². The minimum Gasteiger partial charge on any atom is -0.481 e. The molecule has 0 bridgehead atoms. The van der Waals surface area contributed by atoms with Crippen molar-refractivity contribution < 1.29 is 4.74 Å². The SMILES string of the molecule is CCc1nn(C)c(OC)c1CN=C(N)N.I. The van der Waals surface area contributed by atoms with Crippen molar-refractivity contribution in [3.63, 3.8) is 0 Å². The fraction of sp³-hybridized carbons (Fsp3) is 0.556. The molecule has 0 aliphatic heterocycles. The third kappa shape index (κ3) is 3.26. The van der Waals surface area contributed by atoms with Crippen molar-refractivity contribution in [1.82, 2.24) is 9.78 Å². The second kappa shape index (κ2) is 6.56. The number of aromatic nitrogens is 2. The zero-order chi connectivity index (χ0) is 11.4. The summed E-state index contributed by atoms with van der Waals surface area (Å²) in [5.41, 5.74) is 12.5. The van der Waals surface area contributed by atoms with Crippen molar-refractivity contribution in [2.45, 2.75) is 19.9 Å². The summed E-state index contributed by atoms with van der Waals surface area (Å²) in [6, 6.07) is 0. The largest absolute Gasteiger partial charge is 0.481 e. The highest BCUT2D eigenvalue weighted by atomic mass is 127. The number of methoxy groups -OCH3 is 1. The van der Waals surface area contributed by atoms with Crippen LogP contribution < -0.4 is 16.2 Å². The number of hydrogen-bond acceptors (Lipinski definition) is 3. The summed E-state index contributed by atoms with van der Waals surface area (Å²) in [5.74, 6) is 0.778. The van der Waals surface area contributed by atoms with Gasteiger partial charge in [0.1, 0.15) is 0 Å². The second-order valence-electron chi connectivity index (χ2n) is 3.15. The normalized spacial score (nSPS) is 9.44. The van der Waals surface area contributed by atoms with Crippen molar-refractivity contribution in [2.75, 3.05) is 7.11 Å². The Morgan fingerprint density at radius 1 is 1.50 bits per heavy atom. The summed E-state index contributed by atoms with van der Waals surface area (Å²) in [6.45, 7) is 2.43. The summed E-state index contributed by atoms with van der Waals surface area (Å²) in [7, 11) is 3.44. The van der Waals surface area contributed by atoms with Gasteiger partial charge >= 0.3 is 0 Å². The van der Waals surface area contributed by atoms with Gasteiger partial charge in [-0.1, -0.05) is 6.92 Å². The van der Waals surface area contributed by atoms with Gasteiger partial charge in [-0.2, -0.15) is 5.10 Å². The highest BCUT2D eigenvalue weighted by Crippen LogP contribution is 2.22. The molecular weight excluding hydrogens is 321 g/mol. The summed E-state index contributed by atoms with van der Waals surface area (Å²) < 4.78 is 6.93. The maximum atomic E-state index is 5.29. The Labute approximate surface area is 112 Å². The molecular formula is C9H18IN5O. The highest BCUT2D eigenvalue weighted by Gasteiger charge is 2.14. The number of nitrogens with two attached hydrogens (primary N) is 2. The number of aryl methyl sites for hydroxylation is 2. The van der Waals surface area contributed by atoms with Crippen LogP contribution in [0.2, 0.25) is 0 Å². The molecule has 92 valence electrons. The quantitative estimate of drug-likeness (QED) is 0.471. The van der Waals surface area contributed by atoms with Crippen molar-refractivity contribution in [3.05, 3.63) is 11.3 Å². The predicted octanol–water partition coefficient (Wildman–Crippen LogP) is 0.382. The molecule has 0 fully saturated rings. The van der Waals surface area contributed by atoms with Gasteiger partial charge in [0, 0.05) is 7.05 Å². The molecule has 0 amide bonds. The summed E-state index contributed by atoms with van der Waals surface area (Å²) >= 11 is 0. The van der Waals surface area contributed by atoms with Crippen molar-refractivity contribution in [1.29, 1.82) is 0 Å². The smallest absolute Gasteiger partial charge is 0.216 e. The number of guanidine groups is 1. The molecule has 1 aromatic heterocycles. The van der Waals surface area contributed by atoms with Gasteiger partial charge in [0.2, 0.25) is 5.88 Å². The standard InChI is InChI=1S/C9H17N5O.HI/c1-4-7-6(5-12-9(10)11)8(15-3)14(2)13-7;/h4-5H2,1-3H3,(H4,10,11,12);1H. The van der Waals surface area contributed by atoms with Crippen LogP contribution in [0.4, 0.5) is 0 Å². The third-order valence-corrected chi connectivity index (χ3v) is 2.12. The monoisotopic (exact) mass is 339 g/mol. The summed E-state index contributed by atoms with van der Waals surface area (Å²) in [6.07, 6.45) is 0.826. The average molecular weight is 339 g/mol. The van der Waals surface area contributed by atoms with E-state index in [0.29, 0.717) is 12.4 Å². The van der Waals surface area contributed by atoms with Gasteiger partial charge in [0.05, 0.1) is 24.9 Å². The number of aliphatic imine (C=N–C) groups is 1.